The average molecular weight is 754 g/mol. The van der Waals surface area contributed by atoms with Gasteiger partial charge in [0.05, 0.1) is 31.2 Å². The Kier molecular flexibility index (Phi) is 16.6. The quantitative estimate of drug-likeness (QED) is 0.0758. The highest BCUT2D eigenvalue weighted by Crippen LogP contribution is 2.21. The van der Waals surface area contributed by atoms with Crippen molar-refractivity contribution >= 4 is 34.6 Å². The van der Waals surface area contributed by atoms with E-state index in [1.807, 2.05) is 100 Å². The number of hydrogen-bond acceptors (Lipinski definition) is 8. The molecule has 0 spiro atoms. The Hall–Kier alpha value is -5.33. The number of rotatable bonds is 20. The smallest absolute Gasteiger partial charge is 0.408 e. The van der Waals surface area contributed by atoms with E-state index >= 15 is 0 Å². The number of benzene rings is 3. The highest BCUT2D eigenvalue weighted by molar-refractivity contribution is 5.93. The standard InChI is InChI=1S/C43H55N5O7/c1-5-28(3)37(26-49)45-39(51)25-38(50)40(29(4)6-2)48-42(53)35(23-30-19-21-44-22-20-30)46-41(52)36(47-43(54)55-27-31-13-8-7-9-14-31)24-33-17-12-16-32-15-10-11-18-34(32)33/h7-22,28-29,35-38,40,49-50H,5-6,23-27H2,1-4H3,(H,45,51)(H,46,52)(H,47,54)(H,48,53)/t28?,29?,35-,36-,37+,38?,40?/m0/s1. The number of carbonyl (C=O) groups is 4. The topological polar surface area (TPSA) is 179 Å². The van der Waals surface area contributed by atoms with Crippen LogP contribution >= 0.6 is 0 Å². The van der Waals surface area contributed by atoms with Crippen molar-refractivity contribution in [1.29, 1.82) is 0 Å². The molecule has 0 radical (unpaired) electrons. The summed E-state index contributed by atoms with van der Waals surface area (Å²) in [4.78, 5) is 58.7. The second-order valence-electron chi connectivity index (χ2n) is 14.2. The molecule has 55 heavy (non-hydrogen) atoms. The van der Waals surface area contributed by atoms with Crippen LogP contribution in [0.4, 0.5) is 4.79 Å². The SMILES string of the molecule is CCC(C)C(NC(=O)[C@H](Cc1ccncc1)NC(=O)[C@H](Cc1cccc2ccccc12)NC(=O)OCc1ccccc1)C(O)CC(=O)N[C@H](CO)C(C)CC. The van der Waals surface area contributed by atoms with Crippen LogP contribution in [0.2, 0.25) is 0 Å². The average Bonchev–Trinajstić information content (AvgIpc) is 3.20. The summed E-state index contributed by atoms with van der Waals surface area (Å²) in [5.41, 5.74) is 2.31. The molecule has 12 nitrogen and oxygen atoms in total. The summed E-state index contributed by atoms with van der Waals surface area (Å²) in [5, 5.41) is 34.4. The van der Waals surface area contributed by atoms with E-state index in [-0.39, 0.29) is 44.3 Å². The Labute approximate surface area is 323 Å². The molecule has 4 amide bonds. The molecule has 0 aliphatic carbocycles. The van der Waals surface area contributed by atoms with Gasteiger partial charge in [-0.2, -0.15) is 0 Å². The molecule has 0 saturated carbocycles. The monoisotopic (exact) mass is 753 g/mol. The predicted molar refractivity (Wildman–Crippen MR) is 212 cm³/mol. The van der Waals surface area contributed by atoms with Gasteiger partial charge in [-0.3, -0.25) is 19.4 Å². The molecule has 7 atom stereocenters. The molecule has 1 heterocycles. The zero-order chi connectivity index (χ0) is 39.7. The van der Waals surface area contributed by atoms with Gasteiger partial charge in [0.2, 0.25) is 17.7 Å². The van der Waals surface area contributed by atoms with Gasteiger partial charge >= 0.3 is 6.09 Å². The minimum atomic E-state index is -1.26. The molecule has 0 bridgehead atoms. The highest BCUT2D eigenvalue weighted by Gasteiger charge is 2.33. The molecule has 4 unspecified atom stereocenters. The summed E-state index contributed by atoms with van der Waals surface area (Å²) < 4.78 is 5.49. The van der Waals surface area contributed by atoms with Crippen molar-refractivity contribution in [2.24, 2.45) is 11.8 Å². The summed E-state index contributed by atoms with van der Waals surface area (Å²) in [6.07, 6.45) is 2.33. The third-order valence-electron chi connectivity index (χ3n) is 10.2. The molecule has 6 N–H and O–H groups in total. The molecule has 4 aromatic rings. The number of aliphatic hydroxyl groups excluding tert-OH is 2. The number of nitrogens with zero attached hydrogens (tertiary/aromatic N) is 1. The first kappa shape index (κ1) is 42.4. The van der Waals surface area contributed by atoms with E-state index in [1.54, 1.807) is 24.5 Å². The Morgan fingerprint density at radius 3 is 2.04 bits per heavy atom. The first-order valence-electron chi connectivity index (χ1n) is 19.0. The van der Waals surface area contributed by atoms with Crippen molar-refractivity contribution in [3.63, 3.8) is 0 Å². The number of ether oxygens (including phenoxy) is 1. The number of aromatic nitrogens is 1. The first-order valence-corrected chi connectivity index (χ1v) is 19.0. The number of amides is 4. The second kappa shape index (κ2) is 21.5. The minimum Gasteiger partial charge on any atom is -0.445 e. The third-order valence-corrected chi connectivity index (χ3v) is 10.2. The van der Waals surface area contributed by atoms with Crippen molar-refractivity contribution in [1.82, 2.24) is 26.3 Å². The maximum atomic E-state index is 14.3. The molecule has 1 aromatic heterocycles. The number of hydrogen-bond donors (Lipinski definition) is 6. The number of nitrogens with one attached hydrogen (secondary N) is 4. The predicted octanol–water partition coefficient (Wildman–Crippen LogP) is 4.60. The van der Waals surface area contributed by atoms with Crippen molar-refractivity contribution in [3.8, 4) is 0 Å². The van der Waals surface area contributed by atoms with Gasteiger partial charge in [0.1, 0.15) is 18.7 Å². The second-order valence-corrected chi connectivity index (χ2v) is 14.2. The molecule has 0 aliphatic rings. The van der Waals surface area contributed by atoms with Crippen LogP contribution in [-0.4, -0.2) is 75.9 Å². The van der Waals surface area contributed by atoms with Crippen LogP contribution in [0.15, 0.2) is 97.3 Å². The molecule has 0 fully saturated rings. The number of alkyl carbamates (subject to hydrolysis) is 1. The van der Waals surface area contributed by atoms with Crippen LogP contribution in [0.5, 0.6) is 0 Å². The lowest BCUT2D eigenvalue weighted by Gasteiger charge is -2.31. The maximum Gasteiger partial charge on any atom is 0.408 e. The van der Waals surface area contributed by atoms with E-state index in [0.29, 0.717) is 6.42 Å². The van der Waals surface area contributed by atoms with Crippen LogP contribution < -0.4 is 21.3 Å². The zero-order valence-corrected chi connectivity index (χ0v) is 32.1. The fourth-order valence-electron chi connectivity index (χ4n) is 6.41. The molecule has 0 aliphatic heterocycles. The van der Waals surface area contributed by atoms with Gasteiger partial charge in [-0.1, -0.05) is 113 Å². The first-order chi connectivity index (χ1) is 26.5. The summed E-state index contributed by atoms with van der Waals surface area (Å²) in [5.74, 6) is -1.85. The van der Waals surface area contributed by atoms with Crippen LogP contribution in [-0.2, 0) is 38.6 Å². The molecule has 4 rings (SSSR count). The van der Waals surface area contributed by atoms with Crippen LogP contribution in [0.25, 0.3) is 10.8 Å². The van der Waals surface area contributed by atoms with Gasteiger partial charge in [-0.25, -0.2) is 4.79 Å². The van der Waals surface area contributed by atoms with Gasteiger partial charge in [0, 0.05) is 25.2 Å². The molecule has 3 aromatic carbocycles. The van der Waals surface area contributed by atoms with Crippen molar-refractivity contribution in [2.75, 3.05) is 6.61 Å². The Morgan fingerprint density at radius 2 is 1.35 bits per heavy atom. The van der Waals surface area contributed by atoms with Crippen LogP contribution in [0.1, 0.15) is 63.6 Å². The van der Waals surface area contributed by atoms with E-state index in [1.165, 1.54) is 0 Å². The zero-order valence-electron chi connectivity index (χ0n) is 32.1. The van der Waals surface area contributed by atoms with E-state index in [9.17, 15) is 29.4 Å². The van der Waals surface area contributed by atoms with Gasteiger partial charge < -0.3 is 36.2 Å². The summed E-state index contributed by atoms with van der Waals surface area (Å²) in [6.45, 7) is 7.43. The van der Waals surface area contributed by atoms with E-state index in [0.717, 1.165) is 33.9 Å². The number of fused-ring (bicyclic) bond motifs is 1. The van der Waals surface area contributed by atoms with Gasteiger partial charge in [-0.15, -0.1) is 0 Å². The summed E-state index contributed by atoms with van der Waals surface area (Å²) >= 11 is 0. The maximum absolute atomic E-state index is 14.3. The van der Waals surface area contributed by atoms with E-state index in [2.05, 4.69) is 26.3 Å². The summed E-state index contributed by atoms with van der Waals surface area (Å²) in [7, 11) is 0. The molecular weight excluding hydrogens is 699 g/mol. The molecule has 294 valence electrons. The Morgan fingerprint density at radius 1 is 0.709 bits per heavy atom. The number of pyridine rings is 1. The minimum absolute atomic E-state index is 0.00199. The van der Waals surface area contributed by atoms with Crippen molar-refractivity contribution < 1.29 is 34.1 Å². The fraction of sp³-hybridized carbons (Fsp3) is 0.419. The van der Waals surface area contributed by atoms with E-state index in [4.69, 9.17) is 4.74 Å². The van der Waals surface area contributed by atoms with Crippen molar-refractivity contribution in [2.45, 2.75) is 96.7 Å². The molecular formula is C43H55N5O7. The number of aliphatic hydroxyl groups is 2. The lowest BCUT2D eigenvalue weighted by atomic mass is 9.91. The number of carbonyl (C=O) groups excluding carboxylic acids is 4. The van der Waals surface area contributed by atoms with Gasteiger partial charge in [0.15, 0.2) is 0 Å². The van der Waals surface area contributed by atoms with Crippen molar-refractivity contribution in [3.05, 3.63) is 114 Å². The lowest BCUT2D eigenvalue weighted by molar-refractivity contribution is -0.131. The lowest BCUT2D eigenvalue weighted by Crippen LogP contribution is -2.58. The summed E-state index contributed by atoms with van der Waals surface area (Å²) in [6, 6.07) is 22.6. The van der Waals surface area contributed by atoms with E-state index < -0.39 is 54.1 Å². The normalized spacial score (nSPS) is 15.0. The third kappa shape index (κ3) is 12.9. The molecule has 0 saturated heterocycles. The molecule has 12 heteroatoms. The fourth-order valence-corrected chi connectivity index (χ4v) is 6.41. The highest BCUT2D eigenvalue weighted by atomic mass is 16.5. The van der Waals surface area contributed by atoms with Gasteiger partial charge in [-0.05, 0) is 51.4 Å². The Bertz CT molecular complexity index is 1820. The van der Waals surface area contributed by atoms with Crippen LogP contribution in [0.3, 0.4) is 0 Å². The largest absolute Gasteiger partial charge is 0.445 e. The van der Waals surface area contributed by atoms with Crippen LogP contribution in [0, 0.1) is 11.8 Å². The van der Waals surface area contributed by atoms with Gasteiger partial charge in [0.25, 0.3) is 0 Å². The Balaban J connectivity index is 1.58.